The topological polar surface area (TPSA) is 101 Å². The van der Waals surface area contributed by atoms with Crippen LogP contribution in [0.5, 0.6) is 0 Å². The van der Waals surface area contributed by atoms with Crippen molar-refractivity contribution >= 4 is 35.1 Å². The number of halogens is 1. The number of furan rings is 1. The lowest BCUT2D eigenvalue weighted by Crippen LogP contribution is -2.25. The maximum atomic E-state index is 12.4. The Kier molecular flexibility index (Phi) is 4.17. The Balaban J connectivity index is 1.78. The molecule has 4 rings (SSSR count). The monoisotopic (exact) mass is 382 g/mol. The Morgan fingerprint density at radius 2 is 2.07 bits per heavy atom. The second kappa shape index (κ2) is 6.65. The number of allylic oxidation sites excluding steroid dienone is 2. The van der Waals surface area contributed by atoms with Gasteiger partial charge in [0.25, 0.3) is 0 Å². The van der Waals surface area contributed by atoms with Crippen LogP contribution < -0.4 is 0 Å². The van der Waals surface area contributed by atoms with Crippen molar-refractivity contribution in [2.75, 3.05) is 0 Å². The Bertz CT molecular complexity index is 1080. The quantitative estimate of drug-likeness (QED) is 0.583. The van der Waals surface area contributed by atoms with Crippen LogP contribution in [0.15, 0.2) is 74.2 Å². The molecule has 0 saturated carbocycles. The molecule has 1 aromatic carbocycles. The van der Waals surface area contributed by atoms with E-state index in [2.05, 4.69) is 9.98 Å². The van der Waals surface area contributed by atoms with Crippen molar-refractivity contribution in [3.05, 3.63) is 86.8 Å². The van der Waals surface area contributed by atoms with Crippen molar-refractivity contribution in [1.82, 2.24) is 4.90 Å². The van der Waals surface area contributed by atoms with Gasteiger partial charge in [0.2, 0.25) is 5.76 Å². The number of amidine groups is 2. The average Bonchev–Trinajstić information content (AvgIpc) is 3.09. The van der Waals surface area contributed by atoms with Crippen molar-refractivity contribution in [1.29, 1.82) is 0 Å². The fraction of sp³-hybridized carbons (Fsp3) is 0.0556. The predicted molar refractivity (Wildman–Crippen MR) is 98.7 cm³/mol. The first-order chi connectivity index (χ1) is 13.0. The second-order valence-electron chi connectivity index (χ2n) is 5.74. The number of nitro groups is 1. The van der Waals surface area contributed by atoms with E-state index in [1.165, 1.54) is 6.07 Å². The minimum Gasteiger partial charge on any atom is -0.395 e. The van der Waals surface area contributed by atoms with Gasteiger partial charge in [0.05, 0.1) is 11.1 Å². The van der Waals surface area contributed by atoms with E-state index in [1.54, 1.807) is 18.4 Å². The van der Waals surface area contributed by atoms with E-state index < -0.39 is 16.7 Å². The van der Waals surface area contributed by atoms with Crippen LogP contribution in [-0.2, 0) is 6.54 Å². The molecule has 2 aliphatic rings. The van der Waals surface area contributed by atoms with Crippen LogP contribution >= 0.6 is 11.6 Å². The first-order valence-corrected chi connectivity index (χ1v) is 8.25. The molecule has 0 atom stereocenters. The standard InChI is InChI=1S/C18H11ClN4O4/c19-12-5-7-15-20-17(13-4-2-1-3-11(13)9-22(15)10-12)21-18(24)14-6-8-16(27-14)23(25)26/h1-8,10H,9H2. The van der Waals surface area contributed by atoms with Crippen molar-refractivity contribution in [2.45, 2.75) is 6.54 Å². The summed E-state index contributed by atoms with van der Waals surface area (Å²) in [5, 5.41) is 11.3. The van der Waals surface area contributed by atoms with E-state index in [0.29, 0.717) is 23.0 Å². The molecule has 0 fully saturated rings. The molecular formula is C18H11ClN4O4. The Morgan fingerprint density at radius 3 is 2.85 bits per heavy atom. The van der Waals surface area contributed by atoms with Crippen molar-refractivity contribution in [3.8, 4) is 0 Å². The van der Waals surface area contributed by atoms with E-state index in [1.807, 2.05) is 29.2 Å². The van der Waals surface area contributed by atoms with E-state index in [0.717, 1.165) is 11.6 Å². The summed E-state index contributed by atoms with van der Waals surface area (Å²) >= 11 is 6.07. The van der Waals surface area contributed by atoms with Crippen molar-refractivity contribution < 1.29 is 14.1 Å². The highest BCUT2D eigenvalue weighted by Crippen LogP contribution is 2.24. The highest BCUT2D eigenvalue weighted by atomic mass is 35.5. The van der Waals surface area contributed by atoms with Crippen LogP contribution in [0, 0.1) is 10.1 Å². The minimum absolute atomic E-state index is 0.197. The average molecular weight is 383 g/mol. The lowest BCUT2D eigenvalue weighted by molar-refractivity contribution is -0.402. The number of carbonyl (C=O) groups is 1. The summed E-state index contributed by atoms with van der Waals surface area (Å²) in [5.41, 5.74) is 1.59. The number of amides is 1. The number of hydrogen-bond donors (Lipinski definition) is 0. The molecule has 134 valence electrons. The zero-order valence-corrected chi connectivity index (χ0v) is 14.5. The third-order valence-electron chi connectivity index (χ3n) is 3.97. The van der Waals surface area contributed by atoms with Crippen molar-refractivity contribution in [3.63, 3.8) is 0 Å². The van der Waals surface area contributed by atoms with E-state index >= 15 is 0 Å². The summed E-state index contributed by atoms with van der Waals surface area (Å²) in [6, 6.07) is 9.74. The lowest BCUT2D eigenvalue weighted by Gasteiger charge is -2.21. The molecule has 27 heavy (non-hydrogen) atoms. The van der Waals surface area contributed by atoms with Crippen LogP contribution in [0.25, 0.3) is 0 Å². The number of fused-ring (bicyclic) bond motifs is 2. The molecule has 0 spiro atoms. The number of carbonyl (C=O) groups excluding carboxylic acids is 1. The van der Waals surface area contributed by atoms with Gasteiger partial charge in [-0.05, 0) is 23.8 Å². The summed E-state index contributed by atoms with van der Waals surface area (Å²) in [4.78, 5) is 32.9. The number of rotatable bonds is 2. The van der Waals surface area contributed by atoms with Crippen LogP contribution in [0.2, 0.25) is 0 Å². The minimum atomic E-state index is -0.751. The maximum absolute atomic E-state index is 12.4. The van der Waals surface area contributed by atoms with Crippen LogP contribution in [0.3, 0.4) is 0 Å². The molecule has 0 saturated heterocycles. The highest BCUT2D eigenvalue weighted by molar-refractivity contribution is 6.32. The van der Waals surface area contributed by atoms with Gasteiger partial charge in [0.1, 0.15) is 10.8 Å². The highest BCUT2D eigenvalue weighted by Gasteiger charge is 2.23. The van der Waals surface area contributed by atoms with Crippen molar-refractivity contribution in [2.24, 2.45) is 9.98 Å². The summed E-state index contributed by atoms with van der Waals surface area (Å²) in [5.74, 6) is -0.725. The second-order valence-corrected chi connectivity index (χ2v) is 6.17. The summed E-state index contributed by atoms with van der Waals surface area (Å²) in [7, 11) is 0. The number of benzene rings is 1. The molecule has 0 aliphatic carbocycles. The zero-order valence-electron chi connectivity index (χ0n) is 13.7. The summed E-state index contributed by atoms with van der Waals surface area (Å²) in [6.45, 7) is 0.509. The van der Waals surface area contributed by atoms with E-state index in [9.17, 15) is 14.9 Å². The third-order valence-corrected chi connectivity index (χ3v) is 4.20. The third kappa shape index (κ3) is 3.30. The molecule has 2 aromatic rings. The van der Waals surface area contributed by atoms with E-state index in [-0.39, 0.29) is 11.6 Å². The molecule has 0 bridgehead atoms. The lowest BCUT2D eigenvalue weighted by atomic mass is 10.1. The molecule has 0 unspecified atom stereocenters. The van der Waals surface area contributed by atoms with Crippen LogP contribution in [0.4, 0.5) is 5.88 Å². The van der Waals surface area contributed by atoms with Gasteiger partial charge in [-0.1, -0.05) is 35.9 Å². The van der Waals surface area contributed by atoms with Gasteiger partial charge in [-0.15, -0.1) is 0 Å². The largest absolute Gasteiger partial charge is 0.433 e. The normalized spacial score (nSPS) is 16.9. The smallest absolute Gasteiger partial charge is 0.395 e. The van der Waals surface area contributed by atoms with Gasteiger partial charge in [-0.3, -0.25) is 14.9 Å². The van der Waals surface area contributed by atoms with Crippen LogP contribution in [0.1, 0.15) is 21.7 Å². The van der Waals surface area contributed by atoms with Gasteiger partial charge in [0, 0.05) is 18.3 Å². The molecule has 1 aromatic heterocycles. The number of nitrogens with zero attached hydrogens (tertiary/aromatic N) is 4. The van der Waals surface area contributed by atoms with Gasteiger partial charge in [-0.2, -0.15) is 4.99 Å². The SMILES string of the molecule is O=C(N=C1N=C2C=CC(Cl)=CN2Cc2ccccc21)c1ccc([N+](=O)[O-])o1. The first kappa shape index (κ1) is 16.9. The Morgan fingerprint density at radius 1 is 1.26 bits per heavy atom. The number of hydrogen-bond acceptors (Lipinski definition) is 5. The molecule has 1 amide bonds. The molecule has 0 radical (unpaired) electrons. The Hall–Kier alpha value is -3.52. The summed E-state index contributed by atoms with van der Waals surface area (Å²) < 4.78 is 4.93. The molecule has 0 N–H and O–H groups in total. The molecular weight excluding hydrogens is 372 g/mol. The fourth-order valence-corrected chi connectivity index (χ4v) is 2.92. The van der Waals surface area contributed by atoms with Gasteiger partial charge in [-0.25, -0.2) is 4.99 Å². The molecule has 3 heterocycles. The Labute approximate surface area is 157 Å². The molecule has 2 aliphatic heterocycles. The molecule has 9 heteroatoms. The fourth-order valence-electron chi connectivity index (χ4n) is 2.74. The van der Waals surface area contributed by atoms with Gasteiger partial charge < -0.3 is 9.32 Å². The first-order valence-electron chi connectivity index (χ1n) is 7.87. The molecule has 8 nitrogen and oxygen atoms in total. The van der Waals surface area contributed by atoms with Gasteiger partial charge in [0.15, 0.2) is 5.84 Å². The zero-order chi connectivity index (χ0) is 19.0. The van der Waals surface area contributed by atoms with Gasteiger partial charge >= 0.3 is 11.8 Å². The van der Waals surface area contributed by atoms with E-state index in [4.69, 9.17) is 16.0 Å². The summed E-state index contributed by atoms with van der Waals surface area (Å²) in [6.07, 6.45) is 5.17. The van der Waals surface area contributed by atoms with Crippen LogP contribution in [-0.4, -0.2) is 27.4 Å². The number of aliphatic imine (C=N–C) groups is 2. The predicted octanol–water partition coefficient (Wildman–Crippen LogP) is 3.64. The maximum Gasteiger partial charge on any atom is 0.433 e.